The number of nitrogens with one attached hydrogen (secondary N) is 2. The first kappa shape index (κ1) is 14.4. The molecule has 1 heterocycles. The minimum absolute atomic E-state index is 0.00112. The summed E-state index contributed by atoms with van der Waals surface area (Å²) in [6.45, 7) is 2.61. The van der Waals surface area contributed by atoms with Crippen molar-refractivity contribution in [2.75, 3.05) is 7.11 Å². The topological polar surface area (TPSA) is 75.7 Å². The van der Waals surface area contributed by atoms with Crippen LogP contribution in [-0.2, 0) is 6.54 Å². The van der Waals surface area contributed by atoms with Crippen LogP contribution >= 0.6 is 31.9 Å². The van der Waals surface area contributed by atoms with Crippen LogP contribution in [0, 0.1) is 0 Å². The van der Waals surface area contributed by atoms with Crippen LogP contribution < -0.4 is 10.1 Å². The maximum Gasteiger partial charge on any atom is 0.191 e. The second-order valence-corrected chi connectivity index (χ2v) is 5.72. The number of aromatic nitrogens is 4. The molecular formula is C11H13Br2N5O. The summed E-state index contributed by atoms with van der Waals surface area (Å²) in [5.41, 5.74) is 1.04. The molecule has 2 N–H and O–H groups in total. The summed E-state index contributed by atoms with van der Waals surface area (Å²) in [6, 6.07) is 3.96. The Hall–Kier alpha value is -0.990. The van der Waals surface area contributed by atoms with Gasteiger partial charge in [-0.1, -0.05) is 21.1 Å². The highest BCUT2D eigenvalue weighted by molar-refractivity contribution is 9.11. The van der Waals surface area contributed by atoms with Gasteiger partial charge >= 0.3 is 0 Å². The Bertz CT molecular complexity index is 546. The predicted octanol–water partition coefficient (Wildman–Crippen LogP) is 2.58. The Labute approximate surface area is 127 Å². The van der Waals surface area contributed by atoms with Gasteiger partial charge in [-0.05, 0) is 35.0 Å². The Balaban J connectivity index is 2.11. The Morgan fingerprint density at radius 1 is 1.42 bits per heavy atom. The van der Waals surface area contributed by atoms with Crippen molar-refractivity contribution in [2.24, 2.45) is 0 Å². The zero-order valence-electron chi connectivity index (χ0n) is 10.4. The third-order valence-electron chi connectivity index (χ3n) is 2.64. The van der Waals surface area contributed by atoms with Crippen LogP contribution in [0.5, 0.6) is 5.75 Å². The summed E-state index contributed by atoms with van der Waals surface area (Å²) in [5, 5.41) is 17.2. The van der Waals surface area contributed by atoms with Crippen molar-refractivity contribution in [2.45, 2.75) is 19.5 Å². The van der Waals surface area contributed by atoms with Crippen molar-refractivity contribution in [1.29, 1.82) is 0 Å². The SMILES string of the molecule is COc1c(Br)cc(Br)cc1CNC(C)c1nn[nH]n1. The van der Waals surface area contributed by atoms with Crippen LogP contribution in [-0.4, -0.2) is 27.7 Å². The number of hydrogen-bond donors (Lipinski definition) is 2. The Kier molecular flexibility index (Phi) is 4.89. The van der Waals surface area contributed by atoms with E-state index in [4.69, 9.17) is 4.74 Å². The van der Waals surface area contributed by atoms with Crippen molar-refractivity contribution >= 4 is 31.9 Å². The van der Waals surface area contributed by atoms with E-state index >= 15 is 0 Å². The minimum atomic E-state index is 0.00112. The molecule has 6 nitrogen and oxygen atoms in total. The van der Waals surface area contributed by atoms with Gasteiger partial charge in [0.05, 0.1) is 17.6 Å². The molecule has 8 heteroatoms. The summed E-state index contributed by atoms with van der Waals surface area (Å²) in [4.78, 5) is 0. The van der Waals surface area contributed by atoms with Crippen molar-refractivity contribution in [3.8, 4) is 5.75 Å². The highest BCUT2D eigenvalue weighted by atomic mass is 79.9. The molecule has 0 spiro atoms. The van der Waals surface area contributed by atoms with Gasteiger partial charge in [0.15, 0.2) is 5.82 Å². The first-order valence-electron chi connectivity index (χ1n) is 5.60. The summed E-state index contributed by atoms with van der Waals surface area (Å²) in [7, 11) is 1.65. The van der Waals surface area contributed by atoms with Gasteiger partial charge in [-0.3, -0.25) is 0 Å². The van der Waals surface area contributed by atoms with E-state index in [1.54, 1.807) is 7.11 Å². The normalized spacial score (nSPS) is 12.4. The smallest absolute Gasteiger partial charge is 0.191 e. The van der Waals surface area contributed by atoms with Crippen LogP contribution in [0.4, 0.5) is 0 Å². The van der Waals surface area contributed by atoms with Gasteiger partial charge in [-0.15, -0.1) is 10.2 Å². The molecule has 102 valence electrons. The molecular weight excluding hydrogens is 378 g/mol. The lowest BCUT2D eigenvalue weighted by Crippen LogP contribution is -2.19. The minimum Gasteiger partial charge on any atom is -0.495 e. The van der Waals surface area contributed by atoms with Gasteiger partial charge in [0.2, 0.25) is 0 Å². The molecule has 1 aromatic heterocycles. The molecule has 0 saturated heterocycles. The Morgan fingerprint density at radius 2 is 2.21 bits per heavy atom. The molecule has 0 radical (unpaired) electrons. The number of hydrogen-bond acceptors (Lipinski definition) is 5. The lowest BCUT2D eigenvalue weighted by Gasteiger charge is -2.14. The van der Waals surface area contributed by atoms with E-state index in [2.05, 4.69) is 57.8 Å². The molecule has 0 aliphatic rings. The quantitative estimate of drug-likeness (QED) is 0.820. The zero-order chi connectivity index (χ0) is 13.8. The van der Waals surface area contributed by atoms with Gasteiger partial charge in [0, 0.05) is 16.6 Å². The maximum absolute atomic E-state index is 5.40. The molecule has 2 rings (SSSR count). The largest absolute Gasteiger partial charge is 0.495 e. The van der Waals surface area contributed by atoms with E-state index in [1.165, 1.54) is 0 Å². The lowest BCUT2D eigenvalue weighted by molar-refractivity contribution is 0.402. The summed E-state index contributed by atoms with van der Waals surface area (Å²) in [6.07, 6.45) is 0. The molecule has 0 saturated carbocycles. The molecule has 0 bridgehead atoms. The molecule has 0 fully saturated rings. The third kappa shape index (κ3) is 3.52. The van der Waals surface area contributed by atoms with Crippen molar-refractivity contribution < 1.29 is 4.74 Å². The molecule has 0 aliphatic heterocycles. The number of tetrazole rings is 1. The van der Waals surface area contributed by atoms with E-state index in [0.717, 1.165) is 20.3 Å². The van der Waals surface area contributed by atoms with Crippen LogP contribution in [0.1, 0.15) is 24.4 Å². The van der Waals surface area contributed by atoms with Gasteiger partial charge in [-0.2, -0.15) is 5.21 Å². The molecule has 2 aromatic rings. The average Bonchev–Trinajstić information content (AvgIpc) is 2.89. The number of rotatable bonds is 5. The van der Waals surface area contributed by atoms with E-state index in [-0.39, 0.29) is 6.04 Å². The number of nitrogens with zero attached hydrogens (tertiary/aromatic N) is 3. The van der Waals surface area contributed by atoms with Crippen LogP contribution in [0.25, 0.3) is 0 Å². The zero-order valence-corrected chi connectivity index (χ0v) is 13.6. The van der Waals surface area contributed by atoms with Crippen LogP contribution in [0.15, 0.2) is 21.1 Å². The number of ether oxygens (including phenoxy) is 1. The first-order valence-corrected chi connectivity index (χ1v) is 7.19. The fourth-order valence-corrected chi connectivity index (χ4v) is 3.16. The first-order chi connectivity index (χ1) is 9.11. The van der Waals surface area contributed by atoms with Crippen molar-refractivity contribution in [3.05, 3.63) is 32.5 Å². The highest BCUT2D eigenvalue weighted by Crippen LogP contribution is 2.32. The van der Waals surface area contributed by atoms with Gasteiger partial charge in [0.1, 0.15) is 5.75 Å². The maximum atomic E-state index is 5.40. The molecule has 1 aromatic carbocycles. The van der Waals surface area contributed by atoms with E-state index in [9.17, 15) is 0 Å². The standard InChI is InChI=1S/C11H13Br2N5O/c1-6(11-15-17-18-16-11)14-5-7-3-8(12)4-9(13)10(7)19-2/h3-4,6,14H,5H2,1-2H3,(H,15,16,17,18). The van der Waals surface area contributed by atoms with Crippen LogP contribution in [0.2, 0.25) is 0 Å². The van der Waals surface area contributed by atoms with Crippen molar-refractivity contribution in [3.63, 3.8) is 0 Å². The molecule has 0 aliphatic carbocycles. The van der Waals surface area contributed by atoms with Crippen molar-refractivity contribution in [1.82, 2.24) is 25.9 Å². The second-order valence-electron chi connectivity index (χ2n) is 3.95. The average molecular weight is 391 g/mol. The molecule has 19 heavy (non-hydrogen) atoms. The lowest BCUT2D eigenvalue weighted by atomic mass is 10.2. The summed E-state index contributed by atoms with van der Waals surface area (Å²) in [5.74, 6) is 1.45. The van der Waals surface area contributed by atoms with Gasteiger partial charge < -0.3 is 10.1 Å². The molecule has 0 amide bonds. The molecule has 1 atom stereocenters. The molecule has 1 unspecified atom stereocenters. The highest BCUT2D eigenvalue weighted by Gasteiger charge is 2.13. The number of H-pyrrole nitrogens is 1. The third-order valence-corrected chi connectivity index (χ3v) is 3.68. The Morgan fingerprint density at radius 3 is 2.84 bits per heavy atom. The monoisotopic (exact) mass is 389 g/mol. The van der Waals surface area contributed by atoms with Crippen LogP contribution in [0.3, 0.4) is 0 Å². The van der Waals surface area contributed by atoms with E-state index in [1.807, 2.05) is 19.1 Å². The van der Waals surface area contributed by atoms with E-state index in [0.29, 0.717) is 12.4 Å². The fraction of sp³-hybridized carbons (Fsp3) is 0.364. The summed E-state index contributed by atoms with van der Waals surface area (Å²) < 4.78 is 7.30. The predicted molar refractivity (Wildman–Crippen MR) is 77.8 cm³/mol. The second kappa shape index (κ2) is 6.44. The van der Waals surface area contributed by atoms with Gasteiger partial charge in [-0.25, -0.2) is 0 Å². The summed E-state index contributed by atoms with van der Waals surface area (Å²) >= 11 is 6.95. The number of halogens is 2. The van der Waals surface area contributed by atoms with Gasteiger partial charge in [0.25, 0.3) is 0 Å². The number of methoxy groups -OCH3 is 1. The number of aromatic amines is 1. The number of benzene rings is 1. The van der Waals surface area contributed by atoms with E-state index < -0.39 is 0 Å². The fourth-order valence-electron chi connectivity index (χ4n) is 1.68.